The van der Waals surface area contributed by atoms with Crippen LogP contribution in [0.15, 0.2) is 24.3 Å². The molecule has 1 aromatic carbocycles. The van der Waals surface area contributed by atoms with E-state index in [4.69, 9.17) is 5.26 Å². The first-order valence-electron chi connectivity index (χ1n) is 4.86. The van der Waals surface area contributed by atoms with Crippen LogP contribution in [0.5, 0.6) is 0 Å². The molecule has 0 aliphatic rings. The fourth-order valence-corrected chi connectivity index (χ4v) is 4.19. The standard InChI is InChI=1S/C8H5FN2O.3CH3.Sn/c9-7-3-1-6(2-4-7)8(12)11-5-10;;;;/h1-4H,(H,11,12);3*1H3;/q;;;;+1/p-1. The molecule has 5 heteroatoms. The SMILES string of the molecule is [CH3][Sn]([CH3])([CH3])[N](C#N)C(=O)c1ccc(F)cc1. The van der Waals surface area contributed by atoms with Gasteiger partial charge in [-0.15, -0.1) is 0 Å². The summed E-state index contributed by atoms with van der Waals surface area (Å²) in [7, 11) is 0. The summed E-state index contributed by atoms with van der Waals surface area (Å²) in [5.41, 5.74) is 0.356. The van der Waals surface area contributed by atoms with Gasteiger partial charge in [0, 0.05) is 0 Å². The Bertz CT molecular complexity index is 431. The first-order chi connectivity index (χ1) is 7.36. The molecule has 0 atom stereocenters. The molecule has 0 bridgehead atoms. The van der Waals surface area contributed by atoms with Gasteiger partial charge in [-0.05, 0) is 0 Å². The van der Waals surface area contributed by atoms with E-state index in [1.165, 1.54) is 27.4 Å². The van der Waals surface area contributed by atoms with E-state index in [9.17, 15) is 9.18 Å². The van der Waals surface area contributed by atoms with Crippen molar-refractivity contribution in [3.05, 3.63) is 35.6 Å². The topological polar surface area (TPSA) is 44.1 Å². The first kappa shape index (κ1) is 13.0. The van der Waals surface area contributed by atoms with Crippen molar-refractivity contribution in [1.29, 1.82) is 5.26 Å². The van der Waals surface area contributed by atoms with Crippen LogP contribution in [0.2, 0.25) is 14.8 Å². The summed E-state index contributed by atoms with van der Waals surface area (Å²) < 4.78 is 14.0. The second kappa shape index (κ2) is 4.83. The number of hydrogen-bond acceptors (Lipinski definition) is 2. The van der Waals surface area contributed by atoms with Gasteiger partial charge >= 0.3 is 98.8 Å². The number of halogens is 1. The fourth-order valence-electron chi connectivity index (χ4n) is 1.22. The number of nitriles is 1. The summed E-state index contributed by atoms with van der Waals surface area (Å²) in [5, 5.41) is 8.98. The summed E-state index contributed by atoms with van der Waals surface area (Å²) in [4.78, 5) is 17.9. The fraction of sp³-hybridized carbons (Fsp3) is 0.273. The Morgan fingerprint density at radius 2 is 1.81 bits per heavy atom. The molecule has 1 amide bonds. The Hall–Kier alpha value is -1.09. The molecule has 3 nitrogen and oxygen atoms in total. The van der Waals surface area contributed by atoms with Gasteiger partial charge in [-0.2, -0.15) is 0 Å². The van der Waals surface area contributed by atoms with E-state index in [0.29, 0.717) is 5.56 Å². The van der Waals surface area contributed by atoms with Crippen molar-refractivity contribution in [2.75, 3.05) is 0 Å². The summed E-state index contributed by atoms with van der Waals surface area (Å²) >= 11 is -2.75. The zero-order valence-electron chi connectivity index (χ0n) is 9.49. The third-order valence-corrected chi connectivity index (χ3v) is 6.76. The molecule has 1 rings (SSSR count). The predicted molar refractivity (Wildman–Crippen MR) is 61.5 cm³/mol. The van der Waals surface area contributed by atoms with E-state index in [1.807, 2.05) is 21.0 Å². The van der Waals surface area contributed by atoms with Gasteiger partial charge in [0.25, 0.3) is 0 Å². The van der Waals surface area contributed by atoms with E-state index in [0.717, 1.165) is 0 Å². The Labute approximate surface area is 98.7 Å². The van der Waals surface area contributed by atoms with Gasteiger partial charge in [0.1, 0.15) is 0 Å². The molecule has 0 aromatic heterocycles. The molecule has 0 saturated heterocycles. The molecule has 1 aromatic rings. The van der Waals surface area contributed by atoms with Crippen LogP contribution < -0.4 is 0 Å². The third kappa shape index (κ3) is 2.95. The van der Waals surface area contributed by atoms with Crippen molar-refractivity contribution >= 4 is 24.6 Å². The number of carbonyl (C=O) groups is 1. The minimum absolute atomic E-state index is 0.328. The van der Waals surface area contributed by atoms with E-state index < -0.39 is 18.7 Å². The van der Waals surface area contributed by atoms with Crippen LogP contribution in [0, 0.1) is 17.3 Å². The van der Waals surface area contributed by atoms with Crippen molar-refractivity contribution < 1.29 is 9.18 Å². The van der Waals surface area contributed by atoms with Crippen molar-refractivity contribution in [2.45, 2.75) is 14.8 Å². The second-order valence-corrected chi connectivity index (χ2v) is 18.1. The molecule has 0 unspecified atom stereocenters. The van der Waals surface area contributed by atoms with Crippen LogP contribution >= 0.6 is 0 Å². The van der Waals surface area contributed by atoms with E-state index in [1.54, 1.807) is 0 Å². The summed E-state index contributed by atoms with van der Waals surface area (Å²) in [6.07, 6.45) is 1.94. The van der Waals surface area contributed by atoms with Crippen LogP contribution in [0.4, 0.5) is 4.39 Å². The number of carbonyl (C=O) groups excluding carboxylic acids is 1. The molecule has 84 valence electrons. The molecule has 0 N–H and O–H groups in total. The van der Waals surface area contributed by atoms with Crippen molar-refractivity contribution in [3.63, 3.8) is 0 Å². The zero-order chi connectivity index (χ0) is 12.3. The predicted octanol–water partition coefficient (Wildman–Crippen LogP) is 2.58. The molecular weight excluding hydrogens is 314 g/mol. The maximum atomic E-state index is 12.7. The van der Waals surface area contributed by atoms with Crippen LogP contribution in [0.3, 0.4) is 0 Å². The van der Waals surface area contributed by atoms with Gasteiger partial charge < -0.3 is 0 Å². The van der Waals surface area contributed by atoms with Crippen molar-refractivity contribution in [1.82, 2.24) is 3.12 Å². The van der Waals surface area contributed by atoms with Crippen molar-refractivity contribution in [2.24, 2.45) is 0 Å². The van der Waals surface area contributed by atoms with Gasteiger partial charge in [0.2, 0.25) is 0 Å². The number of benzene rings is 1. The molecule has 0 spiro atoms. The van der Waals surface area contributed by atoms with Gasteiger partial charge in [0.05, 0.1) is 0 Å². The third-order valence-electron chi connectivity index (χ3n) is 2.07. The van der Waals surface area contributed by atoms with Gasteiger partial charge in [0.15, 0.2) is 0 Å². The van der Waals surface area contributed by atoms with Gasteiger partial charge in [-0.3, -0.25) is 0 Å². The monoisotopic (exact) mass is 328 g/mol. The molecule has 0 aliphatic carbocycles. The van der Waals surface area contributed by atoms with Crippen molar-refractivity contribution in [3.8, 4) is 6.19 Å². The quantitative estimate of drug-likeness (QED) is 0.476. The molecular formula is C11H13FN2OSn. The summed E-state index contributed by atoms with van der Waals surface area (Å²) in [6.45, 7) is 0. The Morgan fingerprint density at radius 1 is 1.31 bits per heavy atom. The summed E-state index contributed by atoms with van der Waals surface area (Å²) in [5.74, 6) is -0.717. The summed E-state index contributed by atoms with van der Waals surface area (Å²) in [6, 6.07) is 5.25. The molecule has 0 heterocycles. The minimum atomic E-state index is -2.75. The maximum absolute atomic E-state index is 12.7. The van der Waals surface area contributed by atoms with E-state index in [2.05, 4.69) is 0 Å². The average molecular weight is 327 g/mol. The van der Waals surface area contributed by atoms with Crippen LogP contribution in [0.1, 0.15) is 10.4 Å². The number of rotatable bonds is 2. The van der Waals surface area contributed by atoms with Crippen LogP contribution in [-0.2, 0) is 0 Å². The number of hydrogen-bond donors (Lipinski definition) is 0. The zero-order valence-corrected chi connectivity index (χ0v) is 12.3. The number of nitrogens with zero attached hydrogens (tertiary/aromatic N) is 2. The van der Waals surface area contributed by atoms with E-state index >= 15 is 0 Å². The number of amides is 1. The molecule has 0 aliphatic heterocycles. The molecule has 0 radical (unpaired) electrons. The van der Waals surface area contributed by atoms with Crippen LogP contribution in [0.25, 0.3) is 0 Å². The first-order valence-corrected chi connectivity index (χ1v) is 14.7. The average Bonchev–Trinajstić information content (AvgIpc) is 2.17. The van der Waals surface area contributed by atoms with Gasteiger partial charge in [-0.25, -0.2) is 0 Å². The normalized spacial score (nSPS) is 10.7. The van der Waals surface area contributed by atoms with Crippen LogP contribution in [-0.4, -0.2) is 27.7 Å². The second-order valence-electron chi connectivity index (χ2n) is 4.42. The molecule has 0 fully saturated rings. The Morgan fingerprint density at radius 3 is 2.19 bits per heavy atom. The molecule has 16 heavy (non-hydrogen) atoms. The molecule has 0 saturated carbocycles. The Kier molecular flexibility index (Phi) is 3.92. The van der Waals surface area contributed by atoms with Gasteiger partial charge in [-0.1, -0.05) is 0 Å². The van der Waals surface area contributed by atoms with E-state index in [-0.39, 0.29) is 11.7 Å². The Balaban J connectivity index is 3.02.